The van der Waals surface area contributed by atoms with E-state index in [0.29, 0.717) is 5.56 Å². The molecule has 0 aliphatic carbocycles. The van der Waals surface area contributed by atoms with E-state index in [0.717, 1.165) is 35.9 Å². The molecule has 3 rings (SSSR count). The third kappa shape index (κ3) is 2.21. The van der Waals surface area contributed by atoms with Crippen LogP contribution in [-0.4, -0.2) is 25.1 Å². The third-order valence-electron chi connectivity index (χ3n) is 3.95. The molecule has 2 heterocycles. The Morgan fingerprint density at radius 3 is 2.52 bits per heavy atom. The molecular weight excluding hydrogens is 260 g/mol. The summed E-state index contributed by atoms with van der Waals surface area (Å²) in [6.45, 7) is 5.67. The molecular formula is C17H18N4. The number of aryl methyl sites for hydroxylation is 2. The number of nitriles is 1. The number of hydrogen-bond acceptors (Lipinski definition) is 4. The molecule has 0 fully saturated rings. The van der Waals surface area contributed by atoms with Crippen molar-refractivity contribution in [2.45, 2.75) is 13.8 Å². The van der Waals surface area contributed by atoms with Crippen molar-refractivity contribution in [3.8, 4) is 6.07 Å². The van der Waals surface area contributed by atoms with E-state index in [1.165, 1.54) is 5.69 Å². The van der Waals surface area contributed by atoms with E-state index < -0.39 is 0 Å². The molecule has 0 atom stereocenters. The fraction of sp³-hybridized carbons (Fsp3) is 0.294. The van der Waals surface area contributed by atoms with Crippen molar-refractivity contribution in [1.82, 2.24) is 4.98 Å². The predicted octanol–water partition coefficient (Wildman–Crippen LogP) is 3.16. The van der Waals surface area contributed by atoms with Gasteiger partial charge in [0.15, 0.2) is 0 Å². The second-order valence-corrected chi connectivity index (χ2v) is 5.42. The summed E-state index contributed by atoms with van der Waals surface area (Å²) in [5, 5.41) is 9.49. The van der Waals surface area contributed by atoms with Crippen LogP contribution in [0.4, 0.5) is 17.1 Å². The lowest BCUT2D eigenvalue weighted by Gasteiger charge is -2.37. The van der Waals surface area contributed by atoms with Crippen molar-refractivity contribution < 1.29 is 0 Å². The first-order valence-corrected chi connectivity index (χ1v) is 7.08. The highest BCUT2D eigenvalue weighted by atomic mass is 15.3. The lowest BCUT2D eigenvalue weighted by Crippen LogP contribution is -2.36. The van der Waals surface area contributed by atoms with Gasteiger partial charge in [0, 0.05) is 25.8 Å². The molecule has 4 heteroatoms. The average Bonchev–Trinajstić information content (AvgIpc) is 2.47. The molecule has 0 radical (unpaired) electrons. The average molecular weight is 278 g/mol. The Labute approximate surface area is 125 Å². The zero-order chi connectivity index (χ0) is 15.0. The molecule has 106 valence electrons. The standard InChI is InChI=1S/C17H18N4/c1-12-10-17(14(11-18)13(2)19-12)21-9-8-20(3)15-6-4-5-7-16(15)21/h4-7,10H,8-9H2,1-3H3. The first-order valence-electron chi connectivity index (χ1n) is 7.08. The summed E-state index contributed by atoms with van der Waals surface area (Å²) in [5.41, 5.74) is 5.71. The number of benzene rings is 1. The van der Waals surface area contributed by atoms with Crippen molar-refractivity contribution in [1.29, 1.82) is 5.26 Å². The molecule has 2 aromatic rings. The summed E-state index contributed by atoms with van der Waals surface area (Å²) in [6.07, 6.45) is 0. The van der Waals surface area contributed by atoms with E-state index in [4.69, 9.17) is 0 Å². The minimum absolute atomic E-state index is 0.667. The van der Waals surface area contributed by atoms with Crippen LogP contribution in [0.15, 0.2) is 30.3 Å². The van der Waals surface area contributed by atoms with Crippen LogP contribution in [0.5, 0.6) is 0 Å². The maximum absolute atomic E-state index is 9.49. The lowest BCUT2D eigenvalue weighted by molar-refractivity contribution is 0.819. The van der Waals surface area contributed by atoms with Gasteiger partial charge in [-0.15, -0.1) is 0 Å². The maximum atomic E-state index is 9.49. The fourth-order valence-electron chi connectivity index (χ4n) is 2.92. The second kappa shape index (κ2) is 5.10. The van der Waals surface area contributed by atoms with Crippen molar-refractivity contribution in [2.75, 3.05) is 29.9 Å². The highest BCUT2D eigenvalue weighted by Gasteiger charge is 2.24. The molecule has 0 saturated heterocycles. The molecule has 21 heavy (non-hydrogen) atoms. The number of nitrogens with zero attached hydrogens (tertiary/aromatic N) is 4. The number of fused-ring (bicyclic) bond motifs is 1. The molecule has 0 spiro atoms. The molecule has 4 nitrogen and oxygen atoms in total. The Morgan fingerprint density at radius 2 is 1.81 bits per heavy atom. The molecule has 1 aliphatic rings. The zero-order valence-electron chi connectivity index (χ0n) is 12.6. The van der Waals surface area contributed by atoms with Crippen LogP contribution in [0.25, 0.3) is 0 Å². The minimum Gasteiger partial charge on any atom is -0.371 e. The summed E-state index contributed by atoms with van der Waals surface area (Å²) >= 11 is 0. The second-order valence-electron chi connectivity index (χ2n) is 5.42. The van der Waals surface area contributed by atoms with Crippen LogP contribution in [0.3, 0.4) is 0 Å². The van der Waals surface area contributed by atoms with Gasteiger partial charge in [-0.2, -0.15) is 5.26 Å². The summed E-state index contributed by atoms with van der Waals surface area (Å²) in [7, 11) is 2.10. The van der Waals surface area contributed by atoms with Crippen LogP contribution < -0.4 is 9.80 Å². The summed E-state index contributed by atoms with van der Waals surface area (Å²) in [4.78, 5) is 8.89. The number of anilines is 3. The monoisotopic (exact) mass is 278 g/mol. The first-order chi connectivity index (χ1) is 10.1. The Hall–Kier alpha value is -2.54. The Bertz CT molecular complexity index is 730. The van der Waals surface area contributed by atoms with Crippen molar-refractivity contribution >= 4 is 17.1 Å². The predicted molar refractivity (Wildman–Crippen MR) is 85.1 cm³/mol. The molecule has 0 bridgehead atoms. The van der Waals surface area contributed by atoms with Crippen LogP contribution >= 0.6 is 0 Å². The van der Waals surface area contributed by atoms with E-state index in [2.05, 4.69) is 40.0 Å². The molecule has 1 aromatic heterocycles. The SMILES string of the molecule is Cc1cc(N2CCN(C)c3ccccc32)c(C#N)c(C)n1. The molecule has 0 amide bonds. The number of para-hydroxylation sites is 2. The lowest BCUT2D eigenvalue weighted by atomic mass is 10.1. The van der Waals surface area contributed by atoms with Gasteiger partial charge in [0.05, 0.1) is 28.3 Å². The van der Waals surface area contributed by atoms with E-state index in [-0.39, 0.29) is 0 Å². The number of rotatable bonds is 1. The Kier molecular flexibility index (Phi) is 3.26. The summed E-state index contributed by atoms with van der Waals surface area (Å²) in [5.74, 6) is 0. The van der Waals surface area contributed by atoms with Crippen molar-refractivity contribution in [2.24, 2.45) is 0 Å². The summed E-state index contributed by atoms with van der Waals surface area (Å²) in [6, 6.07) is 12.6. The van der Waals surface area contributed by atoms with Gasteiger partial charge < -0.3 is 9.80 Å². The molecule has 0 saturated carbocycles. The number of hydrogen-bond donors (Lipinski definition) is 0. The van der Waals surface area contributed by atoms with E-state index in [1.54, 1.807) is 0 Å². The fourth-order valence-corrected chi connectivity index (χ4v) is 2.92. The minimum atomic E-state index is 0.667. The quantitative estimate of drug-likeness (QED) is 0.803. The van der Waals surface area contributed by atoms with Crippen LogP contribution in [-0.2, 0) is 0 Å². The molecule has 0 N–H and O–H groups in total. The van der Waals surface area contributed by atoms with Gasteiger partial charge in [-0.3, -0.25) is 4.98 Å². The van der Waals surface area contributed by atoms with E-state index in [1.807, 2.05) is 32.0 Å². The first kappa shape index (κ1) is 13.4. The topological polar surface area (TPSA) is 43.2 Å². The molecule has 1 aliphatic heterocycles. The van der Waals surface area contributed by atoms with Crippen LogP contribution in [0, 0.1) is 25.2 Å². The third-order valence-corrected chi connectivity index (χ3v) is 3.95. The van der Waals surface area contributed by atoms with Gasteiger partial charge in [-0.05, 0) is 32.0 Å². The van der Waals surface area contributed by atoms with Gasteiger partial charge in [0.1, 0.15) is 6.07 Å². The molecule has 0 unspecified atom stereocenters. The van der Waals surface area contributed by atoms with Gasteiger partial charge in [-0.25, -0.2) is 0 Å². The highest BCUT2D eigenvalue weighted by molar-refractivity contribution is 5.81. The van der Waals surface area contributed by atoms with Gasteiger partial charge in [0.2, 0.25) is 0 Å². The largest absolute Gasteiger partial charge is 0.371 e. The zero-order valence-corrected chi connectivity index (χ0v) is 12.6. The Morgan fingerprint density at radius 1 is 1.10 bits per heavy atom. The van der Waals surface area contributed by atoms with Crippen LogP contribution in [0.2, 0.25) is 0 Å². The normalized spacial score (nSPS) is 13.8. The van der Waals surface area contributed by atoms with Gasteiger partial charge in [-0.1, -0.05) is 12.1 Å². The van der Waals surface area contributed by atoms with Gasteiger partial charge in [0.25, 0.3) is 0 Å². The number of aromatic nitrogens is 1. The Balaban J connectivity index is 2.19. The summed E-state index contributed by atoms with van der Waals surface area (Å²) < 4.78 is 0. The van der Waals surface area contributed by atoms with E-state index in [9.17, 15) is 5.26 Å². The van der Waals surface area contributed by atoms with Crippen LogP contribution in [0.1, 0.15) is 17.0 Å². The van der Waals surface area contributed by atoms with Crippen molar-refractivity contribution in [3.05, 3.63) is 47.3 Å². The maximum Gasteiger partial charge on any atom is 0.103 e. The smallest absolute Gasteiger partial charge is 0.103 e. The van der Waals surface area contributed by atoms with Gasteiger partial charge >= 0.3 is 0 Å². The van der Waals surface area contributed by atoms with E-state index >= 15 is 0 Å². The number of likely N-dealkylation sites (N-methyl/N-ethyl adjacent to an activating group) is 1. The molecule has 1 aromatic carbocycles. The number of pyridine rings is 1. The highest BCUT2D eigenvalue weighted by Crippen LogP contribution is 2.38. The van der Waals surface area contributed by atoms with Crippen molar-refractivity contribution in [3.63, 3.8) is 0 Å².